The maximum Gasteiger partial charge on any atom is 0.198 e. The van der Waals surface area contributed by atoms with Gasteiger partial charge in [0.1, 0.15) is 5.75 Å². The zero-order valence-electron chi connectivity index (χ0n) is 12.3. The van der Waals surface area contributed by atoms with Crippen LogP contribution in [0.3, 0.4) is 0 Å². The molecule has 0 aliphatic rings. The fourth-order valence-electron chi connectivity index (χ4n) is 2.53. The molecule has 3 aromatic rings. The lowest BCUT2D eigenvalue weighted by atomic mass is 9.97. The monoisotopic (exact) mass is 296 g/mol. The lowest BCUT2D eigenvalue weighted by molar-refractivity contribution is 0.103. The number of benzene rings is 2. The first-order valence-electron chi connectivity index (χ1n) is 6.78. The van der Waals surface area contributed by atoms with Crippen LogP contribution in [0.25, 0.3) is 10.1 Å². The van der Waals surface area contributed by atoms with E-state index in [1.54, 1.807) is 18.4 Å². The molecule has 0 spiro atoms. The fourth-order valence-corrected chi connectivity index (χ4v) is 3.47. The van der Waals surface area contributed by atoms with E-state index in [2.05, 4.69) is 0 Å². The summed E-state index contributed by atoms with van der Waals surface area (Å²) in [5.74, 6) is 0.697. The number of hydrogen-bond donors (Lipinski definition) is 0. The number of thiophene rings is 1. The number of aryl methyl sites for hydroxylation is 1. The Morgan fingerprint density at radius 2 is 1.81 bits per heavy atom. The molecule has 3 rings (SSSR count). The van der Waals surface area contributed by atoms with Gasteiger partial charge in [0.25, 0.3) is 0 Å². The number of ketones is 1. The SMILES string of the molecule is COc1c(C(=O)c2csc3ccccc23)ccc(C)c1C. The Bertz CT molecular complexity index is 830. The van der Waals surface area contributed by atoms with E-state index >= 15 is 0 Å². The molecule has 0 bridgehead atoms. The van der Waals surface area contributed by atoms with E-state index in [4.69, 9.17) is 4.74 Å². The smallest absolute Gasteiger partial charge is 0.198 e. The first-order valence-corrected chi connectivity index (χ1v) is 7.66. The van der Waals surface area contributed by atoms with E-state index in [-0.39, 0.29) is 5.78 Å². The molecule has 2 aromatic carbocycles. The minimum Gasteiger partial charge on any atom is -0.496 e. The molecule has 0 unspecified atom stereocenters. The highest BCUT2D eigenvalue weighted by atomic mass is 32.1. The molecule has 3 heteroatoms. The Balaban J connectivity index is 2.17. The van der Waals surface area contributed by atoms with Gasteiger partial charge in [0.2, 0.25) is 0 Å². The maximum absolute atomic E-state index is 12.9. The van der Waals surface area contributed by atoms with E-state index in [1.807, 2.05) is 55.6 Å². The molecule has 0 aliphatic carbocycles. The lowest BCUT2D eigenvalue weighted by Crippen LogP contribution is -2.05. The molecule has 2 nitrogen and oxygen atoms in total. The first-order chi connectivity index (χ1) is 10.1. The normalized spacial score (nSPS) is 10.8. The molecule has 106 valence electrons. The van der Waals surface area contributed by atoms with Gasteiger partial charge in [-0.05, 0) is 37.1 Å². The molecular formula is C18H16O2S. The summed E-state index contributed by atoms with van der Waals surface area (Å²) in [6.45, 7) is 4.00. The summed E-state index contributed by atoms with van der Waals surface area (Å²) in [7, 11) is 1.62. The van der Waals surface area contributed by atoms with Gasteiger partial charge in [-0.2, -0.15) is 0 Å². The number of methoxy groups -OCH3 is 1. The van der Waals surface area contributed by atoms with Gasteiger partial charge in [0.15, 0.2) is 5.78 Å². The highest BCUT2D eigenvalue weighted by Crippen LogP contribution is 2.32. The maximum atomic E-state index is 12.9. The van der Waals surface area contributed by atoms with Gasteiger partial charge < -0.3 is 4.74 Å². The van der Waals surface area contributed by atoms with Gasteiger partial charge in [0, 0.05) is 21.0 Å². The van der Waals surface area contributed by atoms with Crippen LogP contribution in [0.2, 0.25) is 0 Å². The number of fused-ring (bicyclic) bond motifs is 1. The molecule has 0 radical (unpaired) electrons. The third kappa shape index (κ3) is 2.24. The van der Waals surface area contributed by atoms with Crippen molar-refractivity contribution >= 4 is 27.2 Å². The molecular weight excluding hydrogens is 280 g/mol. The standard InChI is InChI=1S/C18H16O2S/c1-11-8-9-14(18(20-3)12(11)2)17(19)15-10-21-16-7-5-4-6-13(15)16/h4-10H,1-3H3. The summed E-state index contributed by atoms with van der Waals surface area (Å²) in [5, 5.41) is 2.94. The molecule has 0 amide bonds. The molecule has 0 N–H and O–H groups in total. The fraction of sp³-hybridized carbons (Fsp3) is 0.167. The molecule has 21 heavy (non-hydrogen) atoms. The summed E-state index contributed by atoms with van der Waals surface area (Å²) < 4.78 is 6.60. The van der Waals surface area contributed by atoms with E-state index in [1.165, 1.54) is 0 Å². The van der Waals surface area contributed by atoms with Crippen molar-refractivity contribution in [2.45, 2.75) is 13.8 Å². The third-order valence-corrected chi connectivity index (χ3v) is 4.81. The lowest BCUT2D eigenvalue weighted by Gasteiger charge is -2.12. The zero-order chi connectivity index (χ0) is 15.0. The molecule has 0 saturated heterocycles. The van der Waals surface area contributed by atoms with Gasteiger partial charge >= 0.3 is 0 Å². The van der Waals surface area contributed by atoms with Crippen molar-refractivity contribution in [1.29, 1.82) is 0 Å². The van der Waals surface area contributed by atoms with E-state index in [0.29, 0.717) is 11.3 Å². The predicted octanol–water partition coefficient (Wildman–Crippen LogP) is 4.76. The Morgan fingerprint density at radius 1 is 1.05 bits per heavy atom. The van der Waals surface area contributed by atoms with Crippen molar-refractivity contribution in [1.82, 2.24) is 0 Å². The minimum absolute atomic E-state index is 0.0207. The van der Waals surface area contributed by atoms with Crippen LogP contribution in [0.1, 0.15) is 27.0 Å². The van der Waals surface area contributed by atoms with Crippen LogP contribution in [-0.4, -0.2) is 12.9 Å². The second-order valence-corrected chi connectivity index (χ2v) is 5.97. The Morgan fingerprint density at radius 3 is 2.57 bits per heavy atom. The van der Waals surface area contributed by atoms with Crippen LogP contribution in [0, 0.1) is 13.8 Å². The molecule has 1 heterocycles. The number of carbonyl (C=O) groups excluding carboxylic acids is 1. The van der Waals surface area contributed by atoms with Gasteiger partial charge in [-0.3, -0.25) is 4.79 Å². The molecule has 0 aliphatic heterocycles. The zero-order valence-corrected chi connectivity index (χ0v) is 13.1. The van der Waals surface area contributed by atoms with Crippen LogP contribution in [0.15, 0.2) is 41.8 Å². The molecule has 0 fully saturated rings. The summed E-state index contributed by atoms with van der Waals surface area (Å²) in [6.07, 6.45) is 0. The van der Waals surface area contributed by atoms with Crippen molar-refractivity contribution in [3.05, 3.63) is 64.0 Å². The van der Waals surface area contributed by atoms with Crippen molar-refractivity contribution in [3.63, 3.8) is 0 Å². The average molecular weight is 296 g/mol. The molecule has 0 atom stereocenters. The Labute approximate surface area is 128 Å². The summed E-state index contributed by atoms with van der Waals surface area (Å²) in [4.78, 5) is 12.9. The van der Waals surface area contributed by atoms with Gasteiger partial charge in [-0.1, -0.05) is 24.3 Å². The predicted molar refractivity (Wildman–Crippen MR) is 87.7 cm³/mol. The van der Waals surface area contributed by atoms with Crippen molar-refractivity contribution in [2.24, 2.45) is 0 Å². The summed E-state index contributed by atoms with van der Waals surface area (Å²) in [5.41, 5.74) is 3.52. The van der Waals surface area contributed by atoms with E-state index in [9.17, 15) is 4.79 Å². The second kappa shape index (κ2) is 5.34. The Hall–Kier alpha value is -2.13. The summed E-state index contributed by atoms with van der Waals surface area (Å²) in [6, 6.07) is 11.8. The van der Waals surface area contributed by atoms with Crippen LogP contribution in [0.4, 0.5) is 0 Å². The average Bonchev–Trinajstić information content (AvgIpc) is 2.93. The van der Waals surface area contributed by atoms with Crippen molar-refractivity contribution in [3.8, 4) is 5.75 Å². The summed E-state index contributed by atoms with van der Waals surface area (Å²) >= 11 is 1.60. The van der Waals surface area contributed by atoms with E-state index < -0.39 is 0 Å². The topological polar surface area (TPSA) is 26.3 Å². The van der Waals surface area contributed by atoms with Gasteiger partial charge in [0.05, 0.1) is 12.7 Å². The first kappa shape index (κ1) is 13.8. The van der Waals surface area contributed by atoms with Crippen molar-refractivity contribution in [2.75, 3.05) is 7.11 Å². The van der Waals surface area contributed by atoms with Crippen LogP contribution < -0.4 is 4.74 Å². The quantitative estimate of drug-likeness (QED) is 0.651. The highest BCUT2D eigenvalue weighted by molar-refractivity contribution is 7.17. The minimum atomic E-state index is 0.0207. The number of ether oxygens (including phenoxy) is 1. The van der Waals surface area contributed by atoms with Crippen LogP contribution in [-0.2, 0) is 0 Å². The van der Waals surface area contributed by atoms with Crippen LogP contribution in [0.5, 0.6) is 5.75 Å². The highest BCUT2D eigenvalue weighted by Gasteiger charge is 2.19. The van der Waals surface area contributed by atoms with Crippen molar-refractivity contribution < 1.29 is 9.53 Å². The third-order valence-electron chi connectivity index (χ3n) is 3.85. The largest absolute Gasteiger partial charge is 0.496 e. The molecule has 0 saturated carbocycles. The molecule has 1 aromatic heterocycles. The number of rotatable bonds is 3. The Kier molecular flexibility index (Phi) is 3.52. The second-order valence-electron chi connectivity index (χ2n) is 5.06. The number of hydrogen-bond acceptors (Lipinski definition) is 3. The van der Waals surface area contributed by atoms with Gasteiger partial charge in [-0.15, -0.1) is 11.3 Å². The number of carbonyl (C=O) groups is 1. The van der Waals surface area contributed by atoms with Gasteiger partial charge in [-0.25, -0.2) is 0 Å². The van der Waals surface area contributed by atoms with Crippen LogP contribution >= 0.6 is 11.3 Å². The van der Waals surface area contributed by atoms with E-state index in [0.717, 1.165) is 26.8 Å².